The van der Waals surface area contributed by atoms with Gasteiger partial charge in [0.25, 0.3) is 0 Å². The van der Waals surface area contributed by atoms with Crippen LogP contribution in [0.2, 0.25) is 0 Å². The summed E-state index contributed by atoms with van der Waals surface area (Å²) in [5.41, 5.74) is 6.28. The van der Waals surface area contributed by atoms with Crippen LogP contribution < -0.4 is 5.73 Å². The summed E-state index contributed by atoms with van der Waals surface area (Å²) in [6.07, 6.45) is 0. The van der Waals surface area contributed by atoms with Gasteiger partial charge >= 0.3 is 0 Å². The molecule has 0 radical (unpaired) electrons. The van der Waals surface area contributed by atoms with Gasteiger partial charge in [-0.1, -0.05) is 5.16 Å². The number of rotatable bonds is 2. The molecule has 0 fully saturated rings. The molecule has 2 rings (SSSR count). The molecule has 0 saturated heterocycles. The van der Waals surface area contributed by atoms with E-state index in [0.717, 1.165) is 6.07 Å². The fourth-order valence-corrected chi connectivity index (χ4v) is 1.34. The fraction of sp³-hybridized carbons (Fsp3) is 0.182. The summed E-state index contributed by atoms with van der Waals surface area (Å²) in [5, 5.41) is 3.70. The number of halogens is 2. The van der Waals surface area contributed by atoms with Gasteiger partial charge < -0.3 is 10.3 Å². The zero-order chi connectivity index (χ0) is 11.7. The molecule has 84 valence electrons. The van der Waals surface area contributed by atoms with E-state index in [-0.39, 0.29) is 6.04 Å². The van der Waals surface area contributed by atoms with E-state index in [9.17, 15) is 8.78 Å². The van der Waals surface area contributed by atoms with Crippen LogP contribution in [-0.4, -0.2) is 5.16 Å². The van der Waals surface area contributed by atoms with Crippen molar-refractivity contribution in [3.63, 3.8) is 0 Å². The van der Waals surface area contributed by atoms with Gasteiger partial charge in [-0.2, -0.15) is 0 Å². The Morgan fingerprint density at radius 3 is 2.31 bits per heavy atom. The maximum Gasteiger partial charge on any atom is 0.153 e. The first kappa shape index (κ1) is 10.8. The van der Waals surface area contributed by atoms with Gasteiger partial charge in [0.05, 0.1) is 6.04 Å². The van der Waals surface area contributed by atoms with Crippen LogP contribution in [0.3, 0.4) is 0 Å². The zero-order valence-electron chi connectivity index (χ0n) is 8.58. The summed E-state index contributed by atoms with van der Waals surface area (Å²) in [6.45, 7) is 1.73. The second-order valence-electron chi connectivity index (χ2n) is 3.56. The van der Waals surface area contributed by atoms with Crippen molar-refractivity contribution >= 4 is 0 Å². The highest BCUT2D eigenvalue weighted by molar-refractivity contribution is 5.59. The molecule has 2 N–H and O–H groups in total. The monoisotopic (exact) mass is 224 g/mol. The molecule has 0 aliphatic rings. The molecule has 0 bridgehead atoms. The Balaban J connectivity index is 2.42. The van der Waals surface area contributed by atoms with E-state index >= 15 is 0 Å². The third kappa shape index (κ3) is 2.09. The molecule has 16 heavy (non-hydrogen) atoms. The normalized spacial score (nSPS) is 12.8. The van der Waals surface area contributed by atoms with E-state index in [0.29, 0.717) is 17.0 Å². The summed E-state index contributed by atoms with van der Waals surface area (Å²) < 4.78 is 30.9. The lowest BCUT2D eigenvalue weighted by Crippen LogP contribution is -2.02. The largest absolute Gasteiger partial charge is 0.359 e. The molecule has 5 heteroatoms. The minimum Gasteiger partial charge on any atom is -0.359 e. The molecule has 0 saturated carbocycles. The number of aromatic nitrogens is 1. The quantitative estimate of drug-likeness (QED) is 0.853. The van der Waals surface area contributed by atoms with Gasteiger partial charge in [0.1, 0.15) is 17.3 Å². The fourth-order valence-electron chi connectivity index (χ4n) is 1.34. The lowest BCUT2D eigenvalue weighted by atomic mass is 10.1. The molecule has 2 aromatic rings. The van der Waals surface area contributed by atoms with E-state index in [1.807, 2.05) is 0 Å². The van der Waals surface area contributed by atoms with Crippen molar-refractivity contribution in [3.8, 4) is 11.3 Å². The van der Waals surface area contributed by atoms with E-state index in [1.165, 1.54) is 12.1 Å². The summed E-state index contributed by atoms with van der Waals surface area (Å²) in [6, 6.07) is 4.44. The van der Waals surface area contributed by atoms with Gasteiger partial charge in [-0.15, -0.1) is 0 Å². The van der Waals surface area contributed by atoms with Gasteiger partial charge in [-0.25, -0.2) is 8.78 Å². The lowest BCUT2D eigenvalue weighted by Gasteiger charge is -1.96. The highest BCUT2D eigenvalue weighted by atomic mass is 19.1. The van der Waals surface area contributed by atoms with Crippen LogP contribution in [-0.2, 0) is 0 Å². The molecule has 0 amide bonds. The Kier molecular flexibility index (Phi) is 2.70. The van der Waals surface area contributed by atoms with Crippen LogP contribution >= 0.6 is 0 Å². The minimum absolute atomic E-state index is 0.306. The van der Waals surface area contributed by atoms with Crippen molar-refractivity contribution in [1.29, 1.82) is 0 Å². The van der Waals surface area contributed by atoms with Gasteiger partial charge in [0.15, 0.2) is 5.76 Å². The summed E-state index contributed by atoms with van der Waals surface area (Å²) in [5.74, 6) is -0.833. The van der Waals surface area contributed by atoms with Gasteiger partial charge in [-0.3, -0.25) is 0 Å². The molecule has 0 aliphatic heterocycles. The second kappa shape index (κ2) is 4.02. The molecule has 1 unspecified atom stereocenters. The van der Waals surface area contributed by atoms with Crippen LogP contribution in [0.25, 0.3) is 11.3 Å². The van der Waals surface area contributed by atoms with Crippen molar-refractivity contribution in [1.82, 2.24) is 5.16 Å². The Bertz CT molecular complexity index is 488. The predicted octanol–water partition coefficient (Wildman–Crippen LogP) is 2.64. The van der Waals surface area contributed by atoms with Crippen LogP contribution in [0.4, 0.5) is 8.78 Å². The maximum atomic E-state index is 13.0. The van der Waals surface area contributed by atoms with Gasteiger partial charge in [-0.05, 0) is 19.1 Å². The van der Waals surface area contributed by atoms with E-state index in [1.54, 1.807) is 13.0 Å². The smallest absolute Gasteiger partial charge is 0.153 e. The molecule has 1 heterocycles. The Hall–Kier alpha value is -1.75. The number of nitrogens with two attached hydrogens (primary N) is 1. The van der Waals surface area contributed by atoms with E-state index < -0.39 is 11.6 Å². The zero-order valence-corrected chi connectivity index (χ0v) is 8.58. The topological polar surface area (TPSA) is 52.0 Å². The Morgan fingerprint density at radius 1 is 1.19 bits per heavy atom. The second-order valence-corrected chi connectivity index (χ2v) is 3.56. The first-order chi connectivity index (χ1) is 7.56. The van der Waals surface area contributed by atoms with Crippen molar-refractivity contribution < 1.29 is 13.3 Å². The average molecular weight is 224 g/mol. The van der Waals surface area contributed by atoms with Gasteiger partial charge in [0.2, 0.25) is 0 Å². The summed E-state index contributed by atoms with van der Waals surface area (Å²) in [7, 11) is 0. The molecular weight excluding hydrogens is 214 g/mol. The minimum atomic E-state index is -0.652. The van der Waals surface area contributed by atoms with Crippen LogP contribution in [0.5, 0.6) is 0 Å². The summed E-state index contributed by atoms with van der Waals surface area (Å²) in [4.78, 5) is 0. The summed E-state index contributed by atoms with van der Waals surface area (Å²) >= 11 is 0. The van der Waals surface area contributed by atoms with Crippen LogP contribution in [0.15, 0.2) is 28.8 Å². The van der Waals surface area contributed by atoms with Crippen LogP contribution in [0.1, 0.15) is 18.7 Å². The van der Waals surface area contributed by atoms with Crippen molar-refractivity contribution in [3.05, 3.63) is 41.7 Å². The highest BCUT2D eigenvalue weighted by Gasteiger charge is 2.11. The van der Waals surface area contributed by atoms with E-state index in [4.69, 9.17) is 10.3 Å². The third-order valence-electron chi connectivity index (χ3n) is 2.14. The SMILES string of the molecule is CC(N)c1cc(-c2cc(F)cc(F)c2)no1. The molecule has 0 spiro atoms. The molecule has 0 aliphatic carbocycles. The highest BCUT2D eigenvalue weighted by Crippen LogP contribution is 2.23. The predicted molar refractivity (Wildman–Crippen MR) is 54.5 cm³/mol. The molecule has 1 aromatic carbocycles. The third-order valence-corrected chi connectivity index (χ3v) is 2.14. The van der Waals surface area contributed by atoms with E-state index in [2.05, 4.69) is 5.16 Å². The molecule has 1 aromatic heterocycles. The van der Waals surface area contributed by atoms with Gasteiger partial charge in [0, 0.05) is 17.7 Å². The molecule has 3 nitrogen and oxygen atoms in total. The first-order valence-electron chi connectivity index (χ1n) is 4.75. The first-order valence-corrected chi connectivity index (χ1v) is 4.75. The Morgan fingerprint density at radius 2 is 1.81 bits per heavy atom. The maximum absolute atomic E-state index is 13.0. The van der Waals surface area contributed by atoms with Crippen molar-refractivity contribution in [2.75, 3.05) is 0 Å². The number of hydrogen-bond acceptors (Lipinski definition) is 3. The average Bonchev–Trinajstić information content (AvgIpc) is 2.64. The van der Waals surface area contributed by atoms with Crippen molar-refractivity contribution in [2.45, 2.75) is 13.0 Å². The van der Waals surface area contributed by atoms with Crippen molar-refractivity contribution in [2.24, 2.45) is 5.73 Å². The molecule has 1 atom stereocenters. The molecular formula is C11H10F2N2O. The standard InChI is InChI=1S/C11H10F2N2O/c1-6(14)11-5-10(15-16-11)7-2-8(12)4-9(13)3-7/h2-6H,14H2,1H3. The number of nitrogens with zero attached hydrogens (tertiary/aromatic N) is 1. The number of benzene rings is 1. The Labute approximate surface area is 90.9 Å². The number of hydrogen-bond donors (Lipinski definition) is 1. The van der Waals surface area contributed by atoms with Crippen LogP contribution in [0, 0.1) is 11.6 Å². The lowest BCUT2D eigenvalue weighted by molar-refractivity contribution is 0.369.